The van der Waals surface area contributed by atoms with Crippen LogP contribution in [0.4, 0.5) is 0 Å². The minimum Gasteiger partial charge on any atom is -0.340 e. The minimum atomic E-state index is -0.786. The molecule has 0 aliphatic carbocycles. The van der Waals surface area contributed by atoms with Crippen molar-refractivity contribution in [2.75, 3.05) is 0 Å². The van der Waals surface area contributed by atoms with Crippen molar-refractivity contribution in [2.45, 2.75) is 60.6 Å². The highest BCUT2D eigenvalue weighted by atomic mass is 79.9. The average Bonchev–Trinajstić information content (AvgIpc) is 2.95. The molecule has 0 unspecified atom stereocenters. The summed E-state index contributed by atoms with van der Waals surface area (Å²) in [5.41, 5.74) is 3.95. The number of amides is 1. The fourth-order valence-electron chi connectivity index (χ4n) is 4.26. The average molecular weight is 633 g/mol. The fourth-order valence-corrected chi connectivity index (χ4v) is 6.79. The molecule has 0 aliphatic rings. The molecular weight excluding hydrogens is 598 g/mol. The molecule has 206 valence electrons. The van der Waals surface area contributed by atoms with Gasteiger partial charge >= 0.3 is 0 Å². The first-order valence-electron chi connectivity index (χ1n) is 13.4. The number of carbonyl (C=O) groups excluding carboxylic acids is 2. The maximum absolute atomic E-state index is 14.1. The molecule has 1 amide bonds. The molecule has 0 radical (unpaired) electrons. The van der Waals surface area contributed by atoms with Crippen molar-refractivity contribution in [2.24, 2.45) is 0 Å². The lowest BCUT2D eigenvalue weighted by Crippen LogP contribution is -2.43. The minimum absolute atomic E-state index is 0.113. The molecule has 4 rings (SSSR count). The first kappa shape index (κ1) is 30.2. The molecule has 0 saturated carbocycles. The van der Waals surface area contributed by atoms with Crippen LogP contribution in [-0.2, 0) is 4.79 Å². The normalized spacial score (nSPS) is 12.8. The highest BCUT2D eigenvalue weighted by molar-refractivity contribution is 9.10. The van der Waals surface area contributed by atoms with E-state index in [4.69, 9.17) is 0 Å². The summed E-state index contributed by atoms with van der Waals surface area (Å²) < 4.78 is 0.920. The van der Waals surface area contributed by atoms with E-state index in [9.17, 15) is 9.59 Å². The maximum Gasteiger partial charge on any atom is 0.251 e. The monoisotopic (exact) mass is 631 g/mol. The van der Waals surface area contributed by atoms with Crippen LogP contribution >= 0.6 is 39.5 Å². The lowest BCUT2D eigenvalue weighted by Gasteiger charge is -2.27. The molecule has 0 bridgehead atoms. The summed E-state index contributed by atoms with van der Waals surface area (Å²) in [5, 5.41) is 2.64. The molecule has 0 aromatic heterocycles. The molecule has 40 heavy (non-hydrogen) atoms. The summed E-state index contributed by atoms with van der Waals surface area (Å²) in [6.45, 7) is 8.64. The second kappa shape index (κ2) is 14.2. The van der Waals surface area contributed by atoms with Crippen LogP contribution in [0.1, 0.15) is 71.8 Å². The van der Waals surface area contributed by atoms with E-state index < -0.39 is 6.04 Å². The Morgan fingerprint density at radius 1 is 0.675 bits per heavy atom. The van der Waals surface area contributed by atoms with Gasteiger partial charge in [-0.3, -0.25) is 9.59 Å². The predicted octanol–water partition coefficient (Wildman–Crippen LogP) is 9.65. The van der Waals surface area contributed by atoms with Gasteiger partial charge in [-0.25, -0.2) is 0 Å². The van der Waals surface area contributed by atoms with Gasteiger partial charge in [0.15, 0.2) is 0 Å². The van der Waals surface area contributed by atoms with Gasteiger partial charge in [-0.2, -0.15) is 0 Å². The summed E-state index contributed by atoms with van der Waals surface area (Å²) >= 11 is 6.37. The molecule has 1 N–H and O–H groups in total. The Hall–Kier alpha value is -2.80. The van der Waals surface area contributed by atoms with Crippen LogP contribution in [0.5, 0.6) is 0 Å². The number of rotatable bonds is 10. The number of hydrogen-bond acceptors (Lipinski definition) is 4. The van der Waals surface area contributed by atoms with E-state index in [0.29, 0.717) is 17.4 Å². The Labute approximate surface area is 254 Å². The van der Waals surface area contributed by atoms with E-state index in [2.05, 4.69) is 85.3 Å². The third-order valence-electron chi connectivity index (χ3n) is 6.63. The third kappa shape index (κ3) is 8.12. The van der Waals surface area contributed by atoms with Crippen molar-refractivity contribution < 1.29 is 9.59 Å². The highest BCUT2D eigenvalue weighted by Gasteiger charge is 2.33. The van der Waals surface area contributed by atoms with Crippen molar-refractivity contribution in [3.63, 3.8) is 0 Å². The number of halogens is 1. The van der Waals surface area contributed by atoms with Crippen LogP contribution in [0.2, 0.25) is 0 Å². The molecule has 0 heterocycles. The second-order valence-electron chi connectivity index (χ2n) is 10.3. The maximum atomic E-state index is 14.1. The smallest absolute Gasteiger partial charge is 0.251 e. The summed E-state index contributed by atoms with van der Waals surface area (Å²) in [6, 6.07) is 32.8. The van der Waals surface area contributed by atoms with Crippen LogP contribution < -0.4 is 5.32 Å². The van der Waals surface area contributed by atoms with E-state index in [1.165, 1.54) is 22.9 Å². The first-order chi connectivity index (χ1) is 19.2. The lowest BCUT2D eigenvalue weighted by atomic mass is 10.0. The second-order valence-corrected chi connectivity index (χ2v) is 13.5. The van der Waals surface area contributed by atoms with E-state index in [1.54, 1.807) is 23.9 Å². The molecule has 0 fully saturated rings. The van der Waals surface area contributed by atoms with Crippen molar-refractivity contribution >= 4 is 50.5 Å². The van der Waals surface area contributed by atoms with Gasteiger partial charge in [0, 0.05) is 19.8 Å². The first-order valence-corrected chi connectivity index (χ1v) is 15.9. The van der Waals surface area contributed by atoms with E-state index in [-0.39, 0.29) is 16.3 Å². The molecule has 3 nitrogen and oxygen atoms in total. The van der Waals surface area contributed by atoms with Gasteiger partial charge in [0.1, 0.15) is 6.04 Å². The topological polar surface area (TPSA) is 46.2 Å². The van der Waals surface area contributed by atoms with Crippen molar-refractivity contribution in [3.8, 4) is 0 Å². The summed E-state index contributed by atoms with van der Waals surface area (Å²) in [7, 11) is 0. The molecule has 0 saturated heterocycles. The fraction of sp³-hybridized carbons (Fsp3) is 0.235. The van der Waals surface area contributed by atoms with Crippen LogP contribution in [0.3, 0.4) is 0 Å². The van der Waals surface area contributed by atoms with Crippen LogP contribution in [0, 0.1) is 0 Å². The zero-order valence-electron chi connectivity index (χ0n) is 23.1. The Kier molecular flexibility index (Phi) is 10.7. The third-order valence-corrected chi connectivity index (χ3v) is 9.43. The SMILES string of the molecule is CC(C)c1ccc(SC(=O)[C@@H](NC(=O)c2ccccc2)[C@H](Sc2ccc(C(C)C)cc2)c2cccc(Br)c2)cc1. The lowest BCUT2D eigenvalue weighted by molar-refractivity contribution is -0.112. The van der Waals surface area contributed by atoms with Gasteiger partial charge in [-0.1, -0.05) is 98.2 Å². The predicted molar refractivity (Wildman–Crippen MR) is 172 cm³/mol. The van der Waals surface area contributed by atoms with Gasteiger partial charge < -0.3 is 5.32 Å². The molecule has 4 aromatic carbocycles. The van der Waals surface area contributed by atoms with Gasteiger partial charge in [0.25, 0.3) is 5.91 Å². The molecule has 0 aliphatic heterocycles. The number of thioether (sulfide) groups is 2. The van der Waals surface area contributed by atoms with E-state index >= 15 is 0 Å². The quantitative estimate of drug-likeness (QED) is 0.177. The van der Waals surface area contributed by atoms with Crippen molar-refractivity contribution in [3.05, 3.63) is 130 Å². The Morgan fingerprint density at radius 3 is 1.80 bits per heavy atom. The Balaban J connectivity index is 1.72. The highest BCUT2D eigenvalue weighted by Crippen LogP contribution is 2.41. The van der Waals surface area contributed by atoms with Crippen LogP contribution in [-0.4, -0.2) is 17.1 Å². The van der Waals surface area contributed by atoms with Crippen molar-refractivity contribution in [1.82, 2.24) is 5.32 Å². The number of hydrogen-bond donors (Lipinski definition) is 1. The largest absolute Gasteiger partial charge is 0.340 e. The zero-order valence-corrected chi connectivity index (χ0v) is 26.4. The number of benzene rings is 4. The van der Waals surface area contributed by atoms with Crippen molar-refractivity contribution in [1.29, 1.82) is 0 Å². The molecule has 6 heteroatoms. The van der Waals surface area contributed by atoms with E-state index in [1.807, 2.05) is 54.6 Å². The van der Waals surface area contributed by atoms with E-state index in [0.717, 1.165) is 19.8 Å². The molecule has 2 atom stereocenters. The summed E-state index contributed by atoms with van der Waals surface area (Å²) in [4.78, 5) is 29.4. The Bertz CT molecular complexity index is 1420. The standard InChI is InChI=1S/C34H34BrNO2S2/c1-22(2)24-13-17-29(18-14-24)39-32(27-11-8-12-28(35)21-27)31(36-33(37)26-9-6-5-7-10-26)34(38)40-30-19-15-25(16-20-30)23(3)4/h5-23,31-32H,1-4H3,(H,36,37)/t31-,32+/m0/s1. The number of carbonyl (C=O) groups is 2. The Morgan fingerprint density at radius 2 is 1.25 bits per heavy atom. The van der Waals surface area contributed by atoms with Gasteiger partial charge in [-0.15, -0.1) is 11.8 Å². The summed E-state index contributed by atoms with van der Waals surface area (Å²) in [6.07, 6.45) is 0. The van der Waals surface area contributed by atoms with Gasteiger partial charge in [0.2, 0.25) is 5.12 Å². The van der Waals surface area contributed by atoms with Gasteiger partial charge in [0.05, 0.1) is 5.25 Å². The van der Waals surface area contributed by atoms with Crippen LogP contribution in [0.15, 0.2) is 117 Å². The molecule has 4 aromatic rings. The summed E-state index contributed by atoms with van der Waals surface area (Å²) in [5.74, 6) is 0.565. The van der Waals surface area contributed by atoms with Crippen LogP contribution in [0.25, 0.3) is 0 Å². The molecule has 0 spiro atoms. The number of nitrogens with one attached hydrogen (secondary N) is 1. The zero-order chi connectivity index (χ0) is 28.6. The van der Waals surface area contributed by atoms with Gasteiger partial charge in [-0.05, 0) is 88.8 Å². The molecular formula is C34H34BrNO2S2.